The van der Waals surface area contributed by atoms with E-state index >= 15 is 0 Å². The highest BCUT2D eigenvalue weighted by Gasteiger charge is 2.02. The van der Waals surface area contributed by atoms with E-state index in [0.717, 1.165) is 0 Å². The zero-order valence-corrected chi connectivity index (χ0v) is 12.4. The number of para-hydroxylation sites is 1. The predicted octanol–water partition coefficient (Wildman–Crippen LogP) is 4.00. The van der Waals surface area contributed by atoms with Gasteiger partial charge < -0.3 is 4.98 Å². The Hall–Kier alpha value is -2.27. The molecule has 0 spiro atoms. The summed E-state index contributed by atoms with van der Waals surface area (Å²) >= 11 is 3.21. The van der Waals surface area contributed by atoms with Gasteiger partial charge in [0.15, 0.2) is 0 Å². The number of rotatable bonds is 2. The number of nitrogens with zero attached hydrogens (tertiary/aromatic N) is 1. The van der Waals surface area contributed by atoms with Crippen LogP contribution in [0.4, 0.5) is 4.39 Å². The van der Waals surface area contributed by atoms with Crippen LogP contribution in [0, 0.1) is 5.82 Å². The Morgan fingerprint density at radius 2 is 1.95 bits per heavy atom. The zero-order valence-electron chi connectivity index (χ0n) is 10.8. The molecule has 0 aliphatic heterocycles. The molecule has 0 saturated heterocycles. The van der Waals surface area contributed by atoms with Gasteiger partial charge in [-0.2, -0.15) is 0 Å². The third-order valence-electron chi connectivity index (χ3n) is 3.01. The maximum Gasteiger partial charge on any atom is 0.259 e. The molecule has 3 aromatic rings. The monoisotopic (exact) mass is 344 g/mol. The molecule has 3 nitrogen and oxygen atoms in total. The van der Waals surface area contributed by atoms with Gasteiger partial charge in [-0.25, -0.2) is 9.37 Å². The molecular formula is C16H10BrFN2O. The standard InChI is InChI=1S/C16H10BrFN2O/c17-11-7-5-10(13(18)9-11)6-8-15-19-14-4-2-1-3-12(14)16(21)20-15/h1-9H,(H,19,20,21)/b8-6+. The van der Waals surface area contributed by atoms with Crippen LogP contribution in [-0.4, -0.2) is 9.97 Å². The minimum absolute atomic E-state index is 0.212. The van der Waals surface area contributed by atoms with Crippen molar-refractivity contribution in [3.05, 3.63) is 74.5 Å². The first kappa shape index (κ1) is 13.7. The lowest BCUT2D eigenvalue weighted by atomic mass is 10.2. The van der Waals surface area contributed by atoms with Crippen LogP contribution < -0.4 is 5.56 Å². The van der Waals surface area contributed by atoms with Crippen molar-refractivity contribution in [3.63, 3.8) is 0 Å². The predicted molar refractivity (Wildman–Crippen MR) is 85.4 cm³/mol. The first-order chi connectivity index (χ1) is 10.1. The van der Waals surface area contributed by atoms with Gasteiger partial charge in [-0.15, -0.1) is 0 Å². The van der Waals surface area contributed by atoms with Crippen molar-refractivity contribution in [1.29, 1.82) is 0 Å². The van der Waals surface area contributed by atoms with Crippen LogP contribution in [0.25, 0.3) is 23.1 Å². The maximum absolute atomic E-state index is 13.7. The van der Waals surface area contributed by atoms with E-state index in [0.29, 0.717) is 26.8 Å². The van der Waals surface area contributed by atoms with Crippen LogP contribution in [0.3, 0.4) is 0 Å². The van der Waals surface area contributed by atoms with Crippen LogP contribution in [0.2, 0.25) is 0 Å². The average molecular weight is 345 g/mol. The number of halogens is 2. The van der Waals surface area contributed by atoms with Crippen molar-refractivity contribution in [2.24, 2.45) is 0 Å². The molecule has 0 fully saturated rings. The third kappa shape index (κ3) is 2.92. The zero-order chi connectivity index (χ0) is 14.8. The van der Waals surface area contributed by atoms with Crippen LogP contribution in [-0.2, 0) is 0 Å². The molecule has 21 heavy (non-hydrogen) atoms. The van der Waals surface area contributed by atoms with Gasteiger partial charge in [0.25, 0.3) is 5.56 Å². The number of aromatic amines is 1. The normalized spacial score (nSPS) is 11.3. The number of aromatic nitrogens is 2. The Balaban J connectivity index is 2.01. The molecule has 0 amide bonds. The first-order valence-electron chi connectivity index (χ1n) is 6.26. The molecule has 0 atom stereocenters. The Morgan fingerprint density at radius 1 is 1.14 bits per heavy atom. The van der Waals surface area contributed by atoms with E-state index in [1.807, 2.05) is 6.07 Å². The quantitative estimate of drug-likeness (QED) is 0.763. The molecule has 0 saturated carbocycles. The fraction of sp³-hybridized carbons (Fsp3) is 0. The highest BCUT2D eigenvalue weighted by atomic mass is 79.9. The van der Waals surface area contributed by atoms with Crippen LogP contribution in [0.15, 0.2) is 51.7 Å². The molecule has 104 valence electrons. The van der Waals surface area contributed by atoms with Gasteiger partial charge in [-0.05, 0) is 36.4 Å². The van der Waals surface area contributed by atoms with Crippen molar-refractivity contribution in [1.82, 2.24) is 9.97 Å². The summed E-state index contributed by atoms with van der Waals surface area (Å²) in [5, 5.41) is 0.532. The van der Waals surface area contributed by atoms with Gasteiger partial charge >= 0.3 is 0 Å². The van der Waals surface area contributed by atoms with Crippen molar-refractivity contribution in [2.45, 2.75) is 0 Å². The third-order valence-corrected chi connectivity index (χ3v) is 3.51. The molecule has 0 aliphatic rings. The second-order valence-electron chi connectivity index (χ2n) is 4.47. The lowest BCUT2D eigenvalue weighted by Gasteiger charge is -1.99. The summed E-state index contributed by atoms with van der Waals surface area (Å²) in [7, 11) is 0. The summed E-state index contributed by atoms with van der Waals surface area (Å²) in [5.74, 6) is 0.0461. The molecule has 0 unspecified atom stereocenters. The number of hydrogen-bond acceptors (Lipinski definition) is 2. The van der Waals surface area contributed by atoms with E-state index in [4.69, 9.17) is 0 Å². The molecule has 1 N–H and O–H groups in total. The topological polar surface area (TPSA) is 45.8 Å². The van der Waals surface area contributed by atoms with Crippen molar-refractivity contribution < 1.29 is 4.39 Å². The highest BCUT2D eigenvalue weighted by molar-refractivity contribution is 9.10. The lowest BCUT2D eigenvalue weighted by molar-refractivity contribution is 0.624. The molecule has 0 bridgehead atoms. The van der Waals surface area contributed by atoms with Crippen LogP contribution in [0.5, 0.6) is 0 Å². The maximum atomic E-state index is 13.7. The molecule has 0 radical (unpaired) electrons. The molecular weight excluding hydrogens is 335 g/mol. The summed E-state index contributed by atoms with van der Waals surface area (Å²) in [6.45, 7) is 0. The highest BCUT2D eigenvalue weighted by Crippen LogP contribution is 2.17. The minimum Gasteiger partial charge on any atom is -0.306 e. The SMILES string of the molecule is O=c1[nH]c(/C=C/c2ccc(Br)cc2F)nc2ccccc12. The number of hydrogen-bond donors (Lipinski definition) is 1. The summed E-state index contributed by atoms with van der Waals surface area (Å²) in [6.07, 6.45) is 3.16. The van der Waals surface area contributed by atoms with Gasteiger partial charge in [0.1, 0.15) is 11.6 Å². The Labute approximate surface area is 128 Å². The minimum atomic E-state index is -0.344. The van der Waals surface area contributed by atoms with Gasteiger partial charge in [0, 0.05) is 10.0 Å². The van der Waals surface area contributed by atoms with E-state index in [2.05, 4.69) is 25.9 Å². The Morgan fingerprint density at radius 3 is 2.76 bits per heavy atom. The Bertz CT molecular complexity index is 902. The Kier molecular flexibility index (Phi) is 3.66. The van der Waals surface area contributed by atoms with Crippen molar-refractivity contribution >= 4 is 39.0 Å². The fourth-order valence-corrected chi connectivity index (χ4v) is 2.32. The van der Waals surface area contributed by atoms with E-state index in [9.17, 15) is 9.18 Å². The van der Waals surface area contributed by atoms with Crippen molar-refractivity contribution in [2.75, 3.05) is 0 Å². The van der Waals surface area contributed by atoms with Crippen molar-refractivity contribution in [3.8, 4) is 0 Å². The van der Waals surface area contributed by atoms with Crippen LogP contribution in [0.1, 0.15) is 11.4 Å². The summed E-state index contributed by atoms with van der Waals surface area (Å²) in [4.78, 5) is 18.9. The van der Waals surface area contributed by atoms with E-state index < -0.39 is 0 Å². The number of H-pyrrole nitrogens is 1. The summed E-state index contributed by atoms with van der Waals surface area (Å²) in [5.41, 5.74) is 0.822. The lowest BCUT2D eigenvalue weighted by Crippen LogP contribution is -2.09. The smallest absolute Gasteiger partial charge is 0.259 e. The molecule has 1 heterocycles. The second kappa shape index (κ2) is 5.61. The molecule has 3 rings (SSSR count). The summed E-state index contributed by atoms with van der Waals surface area (Å²) in [6, 6.07) is 11.9. The molecule has 0 aliphatic carbocycles. The van der Waals surface area contributed by atoms with Gasteiger partial charge in [0.2, 0.25) is 0 Å². The molecule has 5 heteroatoms. The molecule has 1 aromatic heterocycles. The number of nitrogens with one attached hydrogen (secondary N) is 1. The number of fused-ring (bicyclic) bond motifs is 1. The second-order valence-corrected chi connectivity index (χ2v) is 5.38. The van der Waals surface area contributed by atoms with Gasteiger partial charge in [0.05, 0.1) is 10.9 Å². The summed E-state index contributed by atoms with van der Waals surface area (Å²) < 4.78 is 14.4. The van der Waals surface area contributed by atoms with Gasteiger partial charge in [-0.1, -0.05) is 34.1 Å². The fourth-order valence-electron chi connectivity index (χ4n) is 1.99. The van der Waals surface area contributed by atoms with E-state index in [1.165, 1.54) is 6.07 Å². The number of benzene rings is 2. The van der Waals surface area contributed by atoms with Crippen LogP contribution >= 0.6 is 15.9 Å². The molecule has 2 aromatic carbocycles. The van der Waals surface area contributed by atoms with Gasteiger partial charge in [-0.3, -0.25) is 4.79 Å². The first-order valence-corrected chi connectivity index (χ1v) is 7.05. The van der Waals surface area contributed by atoms with E-state index in [1.54, 1.807) is 42.5 Å². The van der Waals surface area contributed by atoms with E-state index in [-0.39, 0.29) is 11.4 Å². The average Bonchev–Trinajstić information content (AvgIpc) is 2.46. The largest absolute Gasteiger partial charge is 0.306 e.